The monoisotopic (exact) mass is 361 g/mol. The van der Waals surface area contributed by atoms with Crippen LogP contribution in [-0.2, 0) is 0 Å². The summed E-state index contributed by atoms with van der Waals surface area (Å²) in [5.41, 5.74) is 0.105. The van der Waals surface area contributed by atoms with Crippen molar-refractivity contribution in [1.29, 1.82) is 0 Å². The molecule has 0 unspecified atom stereocenters. The summed E-state index contributed by atoms with van der Waals surface area (Å²) in [7, 11) is 3.29. The lowest BCUT2D eigenvalue weighted by Gasteiger charge is -2.09. The van der Waals surface area contributed by atoms with Crippen molar-refractivity contribution in [2.75, 3.05) is 14.1 Å². The number of hydrogen-bond acceptors (Lipinski definition) is 4. The summed E-state index contributed by atoms with van der Waals surface area (Å²) in [5.74, 6) is -1.29. The van der Waals surface area contributed by atoms with Crippen molar-refractivity contribution < 1.29 is 22.5 Å². The molecule has 0 atom stereocenters. The van der Waals surface area contributed by atoms with E-state index in [9.17, 15) is 18.0 Å². The van der Waals surface area contributed by atoms with E-state index >= 15 is 0 Å². The molecule has 0 spiro atoms. The number of carbonyl (C=O) groups is 1. The van der Waals surface area contributed by atoms with Gasteiger partial charge in [-0.15, -0.1) is 0 Å². The predicted molar refractivity (Wildman–Crippen MR) is 88.1 cm³/mol. The highest BCUT2D eigenvalue weighted by Crippen LogP contribution is 2.30. The molecule has 0 radical (unpaired) electrons. The predicted octanol–water partition coefficient (Wildman–Crippen LogP) is 4.18. The first kappa shape index (κ1) is 17.7. The van der Waals surface area contributed by atoms with E-state index in [1.54, 1.807) is 38.4 Å². The second-order valence-electron chi connectivity index (χ2n) is 5.71. The standard InChI is InChI=1S/C18H14F3N3O2/c1-24(2)18(25)11-8-6-10(7-9-11)16-22-17(26-23-16)13-5-3-4-12(14(13)19)15(20)21/h3-9,15H,1-2H3. The van der Waals surface area contributed by atoms with E-state index in [1.165, 1.54) is 17.0 Å². The van der Waals surface area contributed by atoms with Crippen LogP contribution >= 0.6 is 0 Å². The number of benzene rings is 2. The molecule has 3 aromatic rings. The van der Waals surface area contributed by atoms with Crippen LogP contribution in [0, 0.1) is 5.82 Å². The van der Waals surface area contributed by atoms with Crippen molar-refractivity contribution in [3.05, 3.63) is 59.4 Å². The molecule has 3 rings (SSSR count). The molecule has 26 heavy (non-hydrogen) atoms. The maximum Gasteiger partial charge on any atom is 0.266 e. The van der Waals surface area contributed by atoms with Crippen LogP contribution in [0.5, 0.6) is 0 Å². The molecule has 0 aliphatic carbocycles. The second kappa shape index (κ2) is 6.99. The molecule has 5 nitrogen and oxygen atoms in total. The number of alkyl halides is 2. The quantitative estimate of drug-likeness (QED) is 0.699. The number of aromatic nitrogens is 2. The van der Waals surface area contributed by atoms with Gasteiger partial charge in [-0.05, 0) is 18.2 Å². The van der Waals surface area contributed by atoms with Gasteiger partial charge in [0, 0.05) is 25.2 Å². The van der Waals surface area contributed by atoms with Gasteiger partial charge in [0.1, 0.15) is 5.82 Å². The van der Waals surface area contributed by atoms with E-state index in [1.807, 2.05) is 0 Å². The Balaban J connectivity index is 1.91. The Kier molecular flexibility index (Phi) is 4.75. The Morgan fingerprint density at radius 3 is 2.42 bits per heavy atom. The SMILES string of the molecule is CN(C)C(=O)c1ccc(-c2noc(-c3cccc(C(F)F)c3F)n2)cc1. The highest BCUT2D eigenvalue weighted by atomic mass is 19.3. The molecule has 2 aromatic carbocycles. The zero-order chi connectivity index (χ0) is 18.8. The molecule has 0 saturated heterocycles. The molecule has 8 heteroatoms. The molecule has 1 aromatic heterocycles. The zero-order valence-corrected chi connectivity index (χ0v) is 13.9. The minimum Gasteiger partial charge on any atom is -0.345 e. The van der Waals surface area contributed by atoms with Gasteiger partial charge in [-0.3, -0.25) is 4.79 Å². The van der Waals surface area contributed by atoms with Crippen LogP contribution < -0.4 is 0 Å². The van der Waals surface area contributed by atoms with Crippen LogP contribution in [0.4, 0.5) is 13.2 Å². The van der Waals surface area contributed by atoms with Crippen molar-refractivity contribution in [3.63, 3.8) is 0 Å². The van der Waals surface area contributed by atoms with E-state index in [0.717, 1.165) is 6.07 Å². The first-order valence-corrected chi connectivity index (χ1v) is 7.61. The average Bonchev–Trinajstić information content (AvgIpc) is 3.11. The van der Waals surface area contributed by atoms with Gasteiger partial charge in [0.2, 0.25) is 5.82 Å². The van der Waals surface area contributed by atoms with Gasteiger partial charge in [-0.25, -0.2) is 13.2 Å². The smallest absolute Gasteiger partial charge is 0.266 e. The number of hydrogen-bond donors (Lipinski definition) is 0. The van der Waals surface area contributed by atoms with Crippen LogP contribution in [0.15, 0.2) is 47.0 Å². The third kappa shape index (κ3) is 3.30. The van der Waals surface area contributed by atoms with Crippen LogP contribution in [0.2, 0.25) is 0 Å². The Morgan fingerprint density at radius 1 is 1.12 bits per heavy atom. The van der Waals surface area contributed by atoms with Crippen molar-refractivity contribution in [2.45, 2.75) is 6.43 Å². The largest absolute Gasteiger partial charge is 0.345 e. The Morgan fingerprint density at radius 2 is 1.81 bits per heavy atom. The summed E-state index contributed by atoms with van der Waals surface area (Å²) in [5, 5.41) is 3.75. The summed E-state index contributed by atoms with van der Waals surface area (Å²) >= 11 is 0. The minimum absolute atomic E-state index is 0.156. The lowest BCUT2D eigenvalue weighted by molar-refractivity contribution is 0.0827. The molecule has 0 fully saturated rings. The highest BCUT2D eigenvalue weighted by Gasteiger charge is 2.21. The first-order valence-electron chi connectivity index (χ1n) is 7.61. The Hall–Kier alpha value is -3.16. The van der Waals surface area contributed by atoms with E-state index in [4.69, 9.17) is 4.52 Å². The maximum absolute atomic E-state index is 14.2. The third-order valence-electron chi connectivity index (χ3n) is 3.72. The molecule has 0 N–H and O–H groups in total. The summed E-state index contributed by atoms with van der Waals surface area (Å²) in [6, 6.07) is 10.0. The van der Waals surface area contributed by atoms with Crippen LogP contribution in [0.3, 0.4) is 0 Å². The minimum atomic E-state index is -2.95. The molecule has 0 aliphatic heterocycles. The molecular weight excluding hydrogens is 347 g/mol. The fourth-order valence-electron chi connectivity index (χ4n) is 2.35. The Bertz CT molecular complexity index is 937. The fourth-order valence-corrected chi connectivity index (χ4v) is 2.35. The number of amides is 1. The van der Waals surface area contributed by atoms with Gasteiger partial charge in [0.05, 0.1) is 11.1 Å². The fraction of sp³-hybridized carbons (Fsp3) is 0.167. The molecule has 1 heterocycles. The van der Waals surface area contributed by atoms with E-state index in [0.29, 0.717) is 11.1 Å². The van der Waals surface area contributed by atoms with Crippen LogP contribution in [-0.4, -0.2) is 35.0 Å². The van der Waals surface area contributed by atoms with Crippen LogP contribution in [0.1, 0.15) is 22.3 Å². The van der Waals surface area contributed by atoms with Crippen molar-refractivity contribution >= 4 is 5.91 Å². The molecular formula is C18H14F3N3O2. The van der Waals surface area contributed by atoms with Gasteiger partial charge in [-0.2, -0.15) is 4.98 Å². The maximum atomic E-state index is 14.2. The Labute approximate surface area is 147 Å². The lowest BCUT2D eigenvalue weighted by atomic mass is 10.1. The van der Waals surface area contributed by atoms with Crippen LogP contribution in [0.25, 0.3) is 22.8 Å². The van der Waals surface area contributed by atoms with Gasteiger partial charge < -0.3 is 9.42 Å². The lowest BCUT2D eigenvalue weighted by Crippen LogP contribution is -2.21. The van der Waals surface area contributed by atoms with Gasteiger partial charge in [-0.1, -0.05) is 29.4 Å². The van der Waals surface area contributed by atoms with Gasteiger partial charge in [0.15, 0.2) is 0 Å². The van der Waals surface area contributed by atoms with Gasteiger partial charge >= 0.3 is 0 Å². The van der Waals surface area contributed by atoms with E-state index < -0.39 is 17.8 Å². The summed E-state index contributed by atoms with van der Waals surface area (Å²) < 4.78 is 44.8. The summed E-state index contributed by atoms with van der Waals surface area (Å²) in [4.78, 5) is 17.4. The summed E-state index contributed by atoms with van der Waals surface area (Å²) in [6.45, 7) is 0. The topological polar surface area (TPSA) is 59.2 Å². The summed E-state index contributed by atoms with van der Waals surface area (Å²) in [6.07, 6.45) is -2.95. The molecule has 0 aliphatic rings. The van der Waals surface area contributed by atoms with Crippen molar-refractivity contribution in [1.82, 2.24) is 15.0 Å². The van der Waals surface area contributed by atoms with Crippen molar-refractivity contribution in [2.24, 2.45) is 0 Å². The van der Waals surface area contributed by atoms with E-state index in [2.05, 4.69) is 10.1 Å². The first-order chi connectivity index (χ1) is 12.4. The molecule has 134 valence electrons. The number of carbonyl (C=O) groups excluding carboxylic acids is 1. The normalized spacial score (nSPS) is 11.0. The number of rotatable bonds is 4. The number of halogens is 3. The van der Waals surface area contributed by atoms with E-state index in [-0.39, 0.29) is 23.2 Å². The molecule has 0 bridgehead atoms. The number of nitrogens with zero attached hydrogens (tertiary/aromatic N) is 3. The third-order valence-corrected chi connectivity index (χ3v) is 3.72. The molecule has 0 saturated carbocycles. The van der Waals surface area contributed by atoms with Crippen molar-refractivity contribution in [3.8, 4) is 22.8 Å². The zero-order valence-electron chi connectivity index (χ0n) is 13.9. The molecule has 1 amide bonds. The average molecular weight is 361 g/mol. The van der Waals surface area contributed by atoms with Gasteiger partial charge in [0.25, 0.3) is 18.2 Å². The second-order valence-corrected chi connectivity index (χ2v) is 5.71. The highest BCUT2D eigenvalue weighted by molar-refractivity contribution is 5.94.